The van der Waals surface area contributed by atoms with Gasteiger partial charge in [0.05, 0.1) is 25.2 Å². The van der Waals surface area contributed by atoms with E-state index in [2.05, 4.69) is 22.2 Å². The summed E-state index contributed by atoms with van der Waals surface area (Å²) in [6, 6.07) is 25.4. The minimum atomic E-state index is -0.998. The summed E-state index contributed by atoms with van der Waals surface area (Å²) in [5.41, 5.74) is 5.60. The van der Waals surface area contributed by atoms with Crippen LogP contribution in [-0.2, 0) is 32.2 Å². The third-order valence-electron chi connectivity index (χ3n) is 7.60. The number of nitrogens with zero attached hydrogens (tertiary/aromatic N) is 2. The number of hydrogen-bond donors (Lipinski definition) is 3. The van der Waals surface area contributed by atoms with Crippen LogP contribution in [0.25, 0.3) is 11.1 Å². The molecule has 44 heavy (non-hydrogen) atoms. The van der Waals surface area contributed by atoms with Crippen molar-refractivity contribution in [2.75, 3.05) is 5.75 Å². The van der Waals surface area contributed by atoms with Gasteiger partial charge in [0.2, 0.25) is 5.91 Å². The van der Waals surface area contributed by atoms with Crippen molar-refractivity contribution in [1.82, 2.24) is 15.3 Å². The first kappa shape index (κ1) is 31.3. The summed E-state index contributed by atoms with van der Waals surface area (Å²) >= 11 is 1.55. The van der Waals surface area contributed by atoms with Gasteiger partial charge in [-0.2, -0.15) is 0 Å². The average Bonchev–Trinajstić information content (AvgIpc) is 3.06. The molecule has 2 heterocycles. The molecule has 0 aliphatic carbocycles. The third kappa shape index (κ3) is 8.09. The van der Waals surface area contributed by atoms with Crippen molar-refractivity contribution in [3.05, 3.63) is 114 Å². The molecule has 0 radical (unpaired) electrons. The van der Waals surface area contributed by atoms with Gasteiger partial charge < -0.3 is 25.0 Å². The molecule has 0 spiro atoms. The van der Waals surface area contributed by atoms with Crippen LogP contribution in [0.4, 0.5) is 0 Å². The predicted octanol–water partition coefficient (Wildman–Crippen LogP) is 5.70. The lowest BCUT2D eigenvalue weighted by Crippen LogP contribution is -2.38. The van der Waals surface area contributed by atoms with Crippen LogP contribution in [0.3, 0.4) is 0 Å². The van der Waals surface area contributed by atoms with Gasteiger partial charge in [-0.3, -0.25) is 9.59 Å². The second-order valence-corrected chi connectivity index (χ2v) is 11.6. The number of carbonyl (C=O) groups is 2. The lowest BCUT2D eigenvalue weighted by molar-refractivity contribution is -0.268. The van der Waals surface area contributed by atoms with Crippen molar-refractivity contribution in [3.8, 4) is 11.1 Å². The number of carbonyl (C=O) groups excluding carboxylic acids is 1. The molecule has 1 amide bonds. The van der Waals surface area contributed by atoms with E-state index in [0.29, 0.717) is 17.5 Å². The number of ether oxygens (including phenoxy) is 2. The first-order valence-corrected chi connectivity index (χ1v) is 15.5. The Kier molecular flexibility index (Phi) is 10.7. The Morgan fingerprint density at radius 2 is 1.59 bits per heavy atom. The van der Waals surface area contributed by atoms with Crippen LogP contribution in [-0.4, -0.2) is 43.9 Å². The highest BCUT2D eigenvalue weighted by molar-refractivity contribution is 7.99. The zero-order valence-electron chi connectivity index (χ0n) is 24.3. The van der Waals surface area contributed by atoms with Gasteiger partial charge in [0.1, 0.15) is 0 Å². The summed E-state index contributed by atoms with van der Waals surface area (Å²) in [7, 11) is 0. The average molecular weight is 614 g/mol. The van der Waals surface area contributed by atoms with E-state index in [1.165, 1.54) is 0 Å². The molecule has 1 aliphatic rings. The summed E-state index contributed by atoms with van der Waals surface area (Å²) in [5.74, 6) is -0.605. The normalized spacial score (nSPS) is 19.8. The summed E-state index contributed by atoms with van der Waals surface area (Å²) in [5, 5.41) is 21.9. The fourth-order valence-corrected chi connectivity index (χ4v) is 6.07. The van der Waals surface area contributed by atoms with Gasteiger partial charge in [0, 0.05) is 42.6 Å². The summed E-state index contributed by atoms with van der Waals surface area (Å²) in [6.07, 6.45) is 2.22. The monoisotopic (exact) mass is 613 g/mol. The molecule has 228 valence electrons. The van der Waals surface area contributed by atoms with Gasteiger partial charge in [-0.15, -0.1) is 0 Å². The van der Waals surface area contributed by atoms with Gasteiger partial charge in [0.15, 0.2) is 11.4 Å². The van der Waals surface area contributed by atoms with Crippen molar-refractivity contribution in [1.29, 1.82) is 0 Å². The Hall–Kier alpha value is -4.09. The number of nitrogens with one attached hydrogen (secondary N) is 1. The molecule has 5 rings (SSSR count). The minimum absolute atomic E-state index is 0.0179. The molecule has 3 N–H and O–H groups in total. The van der Waals surface area contributed by atoms with E-state index in [9.17, 15) is 14.7 Å². The molecule has 9 nitrogen and oxygen atoms in total. The minimum Gasteiger partial charge on any atom is -0.481 e. The van der Waals surface area contributed by atoms with Crippen molar-refractivity contribution in [2.24, 2.45) is 5.92 Å². The summed E-state index contributed by atoms with van der Waals surface area (Å²) in [4.78, 5) is 31.6. The molecule has 0 unspecified atom stereocenters. The molecule has 4 aromatic rings. The van der Waals surface area contributed by atoms with Crippen molar-refractivity contribution >= 4 is 23.6 Å². The van der Waals surface area contributed by atoms with Crippen molar-refractivity contribution in [2.45, 2.75) is 56.6 Å². The van der Waals surface area contributed by atoms with Crippen LogP contribution < -0.4 is 5.32 Å². The molecule has 4 atom stereocenters. The Morgan fingerprint density at radius 1 is 0.886 bits per heavy atom. The molecule has 1 saturated heterocycles. The smallest absolute Gasteiger partial charge is 0.303 e. The molecular formula is C34H35N3O6S. The van der Waals surface area contributed by atoms with Crippen LogP contribution in [0.2, 0.25) is 0 Å². The summed E-state index contributed by atoms with van der Waals surface area (Å²) < 4.78 is 13.1. The van der Waals surface area contributed by atoms with E-state index in [-0.39, 0.29) is 43.5 Å². The molecular weight excluding hydrogens is 578 g/mol. The van der Waals surface area contributed by atoms with Gasteiger partial charge in [-0.05, 0) is 33.9 Å². The number of hydrogen-bond acceptors (Lipinski definition) is 8. The number of aromatic nitrogens is 2. The summed E-state index contributed by atoms with van der Waals surface area (Å²) in [6.45, 7) is 2.40. The van der Waals surface area contributed by atoms with E-state index < -0.39 is 12.3 Å². The van der Waals surface area contributed by atoms with Crippen molar-refractivity contribution in [3.63, 3.8) is 0 Å². The number of thioether (sulfide) groups is 1. The van der Waals surface area contributed by atoms with Crippen LogP contribution in [0.5, 0.6) is 0 Å². The predicted molar refractivity (Wildman–Crippen MR) is 166 cm³/mol. The van der Waals surface area contributed by atoms with Crippen LogP contribution in [0.15, 0.2) is 96.4 Å². The number of carboxylic acid groups (broad SMARTS) is 1. The maximum atomic E-state index is 12.1. The maximum Gasteiger partial charge on any atom is 0.303 e. The molecule has 1 aromatic heterocycles. The lowest BCUT2D eigenvalue weighted by Gasteiger charge is -2.41. The van der Waals surface area contributed by atoms with E-state index in [0.717, 1.165) is 33.4 Å². The number of rotatable bonds is 12. The second-order valence-electron chi connectivity index (χ2n) is 10.6. The zero-order valence-corrected chi connectivity index (χ0v) is 25.2. The Morgan fingerprint density at radius 3 is 2.30 bits per heavy atom. The highest BCUT2D eigenvalue weighted by atomic mass is 32.2. The quantitative estimate of drug-likeness (QED) is 0.136. The number of carboxylic acids is 1. The highest BCUT2D eigenvalue weighted by Gasteiger charge is 2.38. The molecule has 10 heteroatoms. The van der Waals surface area contributed by atoms with Gasteiger partial charge in [-0.1, -0.05) is 91.5 Å². The van der Waals surface area contributed by atoms with Crippen molar-refractivity contribution < 1.29 is 29.3 Å². The van der Waals surface area contributed by atoms with E-state index in [1.54, 1.807) is 30.2 Å². The fourth-order valence-electron chi connectivity index (χ4n) is 5.11. The Balaban J connectivity index is 1.34. The van der Waals surface area contributed by atoms with Gasteiger partial charge >= 0.3 is 5.97 Å². The van der Waals surface area contributed by atoms with E-state index in [4.69, 9.17) is 14.6 Å². The first-order valence-electron chi connectivity index (χ1n) is 14.5. The first-order chi connectivity index (χ1) is 21.4. The van der Waals surface area contributed by atoms with Gasteiger partial charge in [0.25, 0.3) is 0 Å². The number of aliphatic hydroxyl groups excluding tert-OH is 1. The molecule has 0 bridgehead atoms. The topological polar surface area (TPSA) is 131 Å². The number of benzene rings is 3. The largest absolute Gasteiger partial charge is 0.481 e. The third-order valence-corrected chi connectivity index (χ3v) is 8.56. The van der Waals surface area contributed by atoms with E-state index in [1.807, 2.05) is 72.8 Å². The highest BCUT2D eigenvalue weighted by Crippen LogP contribution is 2.43. The number of aliphatic hydroxyl groups is 1. The molecule has 1 aliphatic heterocycles. The SMILES string of the molecule is C[C@@H]1[C@H](CSc2ncccn2)O[C@H](c2ccc(-c3ccccc3CNC(=O)CCC(=O)O)cc2)O[C@@H]1c1ccc(CO)cc1. The molecule has 0 saturated carbocycles. The Labute approximate surface area is 260 Å². The molecule has 3 aromatic carbocycles. The Bertz CT molecular complexity index is 1540. The number of aliphatic carboxylic acids is 1. The second kappa shape index (κ2) is 15.1. The van der Waals surface area contributed by atoms with Crippen LogP contribution in [0.1, 0.15) is 54.4 Å². The lowest BCUT2D eigenvalue weighted by atomic mass is 9.91. The van der Waals surface area contributed by atoms with E-state index >= 15 is 0 Å². The molecule has 1 fully saturated rings. The maximum absolute atomic E-state index is 12.1. The van der Waals surface area contributed by atoms with Crippen LogP contribution in [0, 0.1) is 5.92 Å². The van der Waals surface area contributed by atoms with Crippen LogP contribution >= 0.6 is 11.8 Å². The standard InChI is InChI=1S/C34H35N3O6S/c1-22-29(21-44-34-35-17-4-18-36-34)42-33(43-32(22)25-9-7-23(20-38)8-10-25)26-13-11-24(12-14-26)28-6-3-2-5-27(28)19-37-30(39)15-16-31(40)41/h2-14,17-18,22,29,32-33,38H,15-16,19-21H2,1H3,(H,37,39)(H,40,41)/t22-,29+,32+,33+/m1/s1. The zero-order chi connectivity index (χ0) is 30.9. The fraction of sp³-hybridized carbons (Fsp3) is 0.294. The number of amides is 1. The van der Waals surface area contributed by atoms with Gasteiger partial charge in [-0.25, -0.2) is 9.97 Å².